The summed E-state index contributed by atoms with van der Waals surface area (Å²) in [4.78, 5) is 17.4. The van der Waals surface area contributed by atoms with Gasteiger partial charge < -0.3 is 4.84 Å². The van der Waals surface area contributed by atoms with Crippen molar-refractivity contribution < 1.29 is 9.63 Å². The Hall–Kier alpha value is -2.90. The molecular formula is C21H21NO2. The van der Waals surface area contributed by atoms with E-state index in [1.54, 1.807) is 24.3 Å². The van der Waals surface area contributed by atoms with Gasteiger partial charge in [-0.05, 0) is 45.1 Å². The molecule has 0 radical (unpaired) electrons. The summed E-state index contributed by atoms with van der Waals surface area (Å²) >= 11 is 0. The molecule has 0 aliphatic carbocycles. The first kappa shape index (κ1) is 17.5. The minimum atomic E-state index is -0.477. The van der Waals surface area contributed by atoms with Gasteiger partial charge in [0.15, 0.2) is 0 Å². The van der Waals surface area contributed by atoms with Crippen LogP contribution in [0.25, 0.3) is 0 Å². The summed E-state index contributed by atoms with van der Waals surface area (Å²) in [6.07, 6.45) is 3.75. The quantitative estimate of drug-likeness (QED) is 0.336. The van der Waals surface area contributed by atoms with Crippen molar-refractivity contribution in [3.63, 3.8) is 0 Å². The SMILES string of the molecule is CC=C=CC(C)(C)/C(=N/OC(=O)c1ccccc1)c1ccccc1. The zero-order valence-corrected chi connectivity index (χ0v) is 14.2. The Bertz CT molecular complexity index is 768. The molecule has 2 rings (SSSR count). The normalized spacial score (nSPS) is 11.4. The zero-order chi connectivity index (χ0) is 17.4. The monoisotopic (exact) mass is 319 g/mol. The van der Waals surface area contributed by atoms with Gasteiger partial charge in [-0.15, -0.1) is 5.73 Å². The fourth-order valence-electron chi connectivity index (χ4n) is 2.21. The zero-order valence-electron chi connectivity index (χ0n) is 14.2. The fourth-order valence-corrected chi connectivity index (χ4v) is 2.21. The summed E-state index contributed by atoms with van der Waals surface area (Å²) in [7, 11) is 0. The molecule has 0 saturated heterocycles. The van der Waals surface area contributed by atoms with Crippen LogP contribution in [0.5, 0.6) is 0 Å². The lowest BCUT2D eigenvalue weighted by molar-refractivity contribution is 0.0513. The molecule has 0 bridgehead atoms. The molecule has 0 aromatic heterocycles. The van der Waals surface area contributed by atoms with E-state index in [-0.39, 0.29) is 0 Å². The van der Waals surface area contributed by atoms with Crippen LogP contribution in [0.1, 0.15) is 36.7 Å². The van der Waals surface area contributed by atoms with E-state index < -0.39 is 11.4 Å². The van der Waals surface area contributed by atoms with Crippen molar-refractivity contribution in [1.82, 2.24) is 0 Å². The van der Waals surface area contributed by atoms with Gasteiger partial charge in [0.2, 0.25) is 0 Å². The number of allylic oxidation sites excluding steroid dienone is 1. The third-order valence-electron chi connectivity index (χ3n) is 3.50. The van der Waals surface area contributed by atoms with E-state index in [1.165, 1.54) is 0 Å². The van der Waals surface area contributed by atoms with Crippen molar-refractivity contribution in [2.75, 3.05) is 0 Å². The number of carbonyl (C=O) groups excluding carboxylic acids is 1. The standard InChI is InChI=1S/C21H21NO2/c1-4-5-16-21(2,3)19(17-12-8-6-9-13-17)22-24-20(23)18-14-10-7-11-15-18/h4,6-16H,1-3H3/b22-19+. The number of nitrogens with zero attached hydrogens (tertiary/aromatic N) is 1. The van der Waals surface area contributed by atoms with Crippen molar-refractivity contribution >= 4 is 11.7 Å². The molecule has 0 aliphatic rings. The minimum Gasteiger partial charge on any atom is -0.312 e. The second kappa shape index (κ2) is 8.09. The maximum Gasteiger partial charge on any atom is 0.365 e. The second-order valence-electron chi connectivity index (χ2n) is 5.87. The molecule has 0 heterocycles. The predicted octanol–water partition coefficient (Wildman–Crippen LogP) is 5.01. The van der Waals surface area contributed by atoms with Crippen LogP contribution in [0.4, 0.5) is 0 Å². The number of rotatable bonds is 5. The van der Waals surface area contributed by atoms with Gasteiger partial charge in [-0.25, -0.2) is 4.79 Å². The summed E-state index contributed by atoms with van der Waals surface area (Å²) in [6, 6.07) is 18.5. The third-order valence-corrected chi connectivity index (χ3v) is 3.50. The van der Waals surface area contributed by atoms with Crippen molar-refractivity contribution in [3.05, 3.63) is 89.7 Å². The van der Waals surface area contributed by atoms with Crippen molar-refractivity contribution in [3.8, 4) is 0 Å². The van der Waals surface area contributed by atoms with Crippen molar-refractivity contribution in [2.24, 2.45) is 10.6 Å². The van der Waals surface area contributed by atoms with Crippen molar-refractivity contribution in [2.45, 2.75) is 20.8 Å². The molecule has 3 nitrogen and oxygen atoms in total. The van der Waals surface area contributed by atoms with Gasteiger partial charge in [-0.3, -0.25) is 0 Å². The Morgan fingerprint density at radius 3 is 2.08 bits per heavy atom. The van der Waals surface area contributed by atoms with Gasteiger partial charge in [0.05, 0.1) is 11.3 Å². The average Bonchev–Trinajstić information content (AvgIpc) is 2.61. The molecule has 0 saturated carbocycles. The average molecular weight is 319 g/mol. The smallest absolute Gasteiger partial charge is 0.312 e. The first-order valence-corrected chi connectivity index (χ1v) is 7.83. The summed E-state index contributed by atoms with van der Waals surface area (Å²) in [5.74, 6) is -0.477. The van der Waals surface area contributed by atoms with Gasteiger partial charge in [0.1, 0.15) is 0 Å². The molecule has 0 atom stereocenters. The van der Waals surface area contributed by atoms with E-state index in [9.17, 15) is 4.79 Å². The summed E-state index contributed by atoms with van der Waals surface area (Å²) in [5, 5.41) is 4.18. The number of hydrogen-bond donors (Lipinski definition) is 0. The molecule has 3 heteroatoms. The topological polar surface area (TPSA) is 38.7 Å². The highest BCUT2D eigenvalue weighted by atomic mass is 16.7. The van der Waals surface area contributed by atoms with Gasteiger partial charge in [0, 0.05) is 11.0 Å². The molecule has 122 valence electrons. The van der Waals surface area contributed by atoms with Crippen LogP contribution in [0.2, 0.25) is 0 Å². The molecule has 0 spiro atoms. The Morgan fingerprint density at radius 2 is 1.54 bits per heavy atom. The minimum absolute atomic E-state index is 0.440. The van der Waals surface area contributed by atoms with E-state index in [0.717, 1.165) is 5.56 Å². The number of hydrogen-bond acceptors (Lipinski definition) is 3. The van der Waals surface area contributed by atoms with Crippen molar-refractivity contribution in [1.29, 1.82) is 0 Å². The Kier molecular flexibility index (Phi) is 5.89. The Balaban J connectivity index is 2.36. The maximum atomic E-state index is 12.2. The fraction of sp³-hybridized carbons (Fsp3) is 0.190. The van der Waals surface area contributed by atoms with Gasteiger partial charge in [-0.1, -0.05) is 53.7 Å². The second-order valence-corrected chi connectivity index (χ2v) is 5.87. The molecule has 2 aromatic carbocycles. The van der Waals surface area contributed by atoms with Gasteiger partial charge in [0.25, 0.3) is 0 Å². The van der Waals surface area contributed by atoms with Crippen LogP contribution in [0.15, 0.2) is 83.7 Å². The lowest BCUT2D eigenvalue weighted by atomic mass is 9.83. The van der Waals surface area contributed by atoms with Gasteiger partial charge in [-0.2, -0.15) is 0 Å². The highest BCUT2D eigenvalue weighted by molar-refractivity contribution is 6.05. The highest BCUT2D eigenvalue weighted by Crippen LogP contribution is 2.25. The summed E-state index contributed by atoms with van der Waals surface area (Å²) in [5.41, 5.74) is 4.68. The maximum absolute atomic E-state index is 12.2. The molecule has 0 unspecified atom stereocenters. The molecule has 24 heavy (non-hydrogen) atoms. The lowest BCUT2D eigenvalue weighted by Crippen LogP contribution is -2.23. The molecule has 0 N–H and O–H groups in total. The Labute approximate surface area is 143 Å². The van der Waals surface area contributed by atoms with Gasteiger partial charge >= 0.3 is 5.97 Å². The number of carbonyl (C=O) groups is 1. The molecule has 2 aromatic rings. The van der Waals surface area contributed by atoms with Crippen LogP contribution < -0.4 is 0 Å². The predicted molar refractivity (Wildman–Crippen MR) is 96.9 cm³/mol. The van der Waals surface area contributed by atoms with E-state index in [1.807, 2.05) is 69.3 Å². The van der Waals surface area contributed by atoms with Crippen LogP contribution in [0.3, 0.4) is 0 Å². The lowest BCUT2D eigenvalue weighted by Gasteiger charge is -2.21. The molecule has 0 fully saturated rings. The molecule has 0 aliphatic heterocycles. The van der Waals surface area contributed by atoms with Crippen LogP contribution in [-0.2, 0) is 4.84 Å². The largest absolute Gasteiger partial charge is 0.365 e. The molecule has 0 amide bonds. The van der Waals surface area contributed by atoms with E-state index in [2.05, 4.69) is 10.9 Å². The highest BCUT2D eigenvalue weighted by Gasteiger charge is 2.25. The van der Waals surface area contributed by atoms with Crippen LogP contribution in [-0.4, -0.2) is 11.7 Å². The first-order chi connectivity index (χ1) is 11.5. The van der Waals surface area contributed by atoms with Crippen LogP contribution >= 0.6 is 0 Å². The summed E-state index contributed by atoms with van der Waals surface area (Å²) in [6.45, 7) is 5.92. The summed E-state index contributed by atoms with van der Waals surface area (Å²) < 4.78 is 0. The van der Waals surface area contributed by atoms with E-state index in [4.69, 9.17) is 4.84 Å². The molecular weight excluding hydrogens is 298 g/mol. The number of benzene rings is 2. The number of oxime groups is 1. The van der Waals surface area contributed by atoms with E-state index >= 15 is 0 Å². The Morgan fingerprint density at radius 1 is 1.00 bits per heavy atom. The van der Waals surface area contributed by atoms with E-state index in [0.29, 0.717) is 11.3 Å². The van der Waals surface area contributed by atoms with Crippen LogP contribution in [0, 0.1) is 5.41 Å². The first-order valence-electron chi connectivity index (χ1n) is 7.83. The third kappa shape index (κ3) is 4.55.